The van der Waals surface area contributed by atoms with Crippen molar-refractivity contribution < 1.29 is 4.92 Å². The summed E-state index contributed by atoms with van der Waals surface area (Å²) < 4.78 is 0. The van der Waals surface area contributed by atoms with Crippen LogP contribution in [0.15, 0.2) is 6.20 Å². The summed E-state index contributed by atoms with van der Waals surface area (Å²) in [5, 5.41) is 14.4. The molecule has 5 nitrogen and oxygen atoms in total. The Morgan fingerprint density at radius 1 is 1.47 bits per heavy atom. The van der Waals surface area contributed by atoms with E-state index in [0.29, 0.717) is 5.13 Å². The highest BCUT2D eigenvalue weighted by atomic mass is 32.1. The fraction of sp³-hybridized carbons (Fsp3) is 0.727. The molecule has 0 aliphatic heterocycles. The fourth-order valence-electron chi connectivity index (χ4n) is 2.29. The summed E-state index contributed by atoms with van der Waals surface area (Å²) in [6.07, 6.45) is 9.21. The van der Waals surface area contributed by atoms with Crippen LogP contribution in [0.3, 0.4) is 0 Å². The third-order valence-electron chi connectivity index (χ3n) is 3.23. The van der Waals surface area contributed by atoms with Crippen molar-refractivity contribution in [3.8, 4) is 0 Å². The first-order valence-corrected chi connectivity index (χ1v) is 6.91. The molecule has 1 aliphatic rings. The minimum absolute atomic E-state index is 0.102. The topological polar surface area (TPSA) is 68.1 Å². The Labute approximate surface area is 104 Å². The van der Waals surface area contributed by atoms with E-state index in [0.717, 1.165) is 30.2 Å². The molecule has 1 aromatic heterocycles. The summed E-state index contributed by atoms with van der Waals surface area (Å²) in [6.45, 7) is 0.870. The standard InChI is InChI=1S/C11H17N3O2S/c15-14(16)10-8-13-11(17-10)12-7-6-9-4-2-1-3-5-9/h8-9H,1-7H2,(H,12,13). The molecule has 1 heterocycles. The molecule has 1 aliphatic carbocycles. The van der Waals surface area contributed by atoms with Crippen molar-refractivity contribution >= 4 is 21.5 Å². The number of thiazole rings is 1. The molecule has 1 fully saturated rings. The first-order valence-electron chi connectivity index (χ1n) is 6.10. The zero-order valence-electron chi connectivity index (χ0n) is 9.72. The highest BCUT2D eigenvalue weighted by molar-refractivity contribution is 7.18. The smallest absolute Gasteiger partial charge is 0.345 e. The second-order valence-corrected chi connectivity index (χ2v) is 5.49. The monoisotopic (exact) mass is 255 g/mol. The number of nitrogens with zero attached hydrogens (tertiary/aromatic N) is 2. The number of nitrogens with one attached hydrogen (secondary N) is 1. The van der Waals surface area contributed by atoms with Gasteiger partial charge in [0.25, 0.3) is 0 Å². The van der Waals surface area contributed by atoms with E-state index in [4.69, 9.17) is 0 Å². The number of hydrogen-bond donors (Lipinski definition) is 1. The molecule has 1 saturated carbocycles. The van der Waals surface area contributed by atoms with Crippen LogP contribution < -0.4 is 5.32 Å². The Bertz CT molecular complexity index is 375. The van der Waals surface area contributed by atoms with Crippen molar-refractivity contribution in [3.63, 3.8) is 0 Å². The molecule has 1 aromatic rings. The lowest BCUT2D eigenvalue weighted by atomic mass is 9.87. The molecule has 0 spiro atoms. The molecule has 6 heteroatoms. The maximum atomic E-state index is 10.5. The van der Waals surface area contributed by atoms with Gasteiger partial charge in [-0.05, 0) is 23.7 Å². The lowest BCUT2D eigenvalue weighted by molar-refractivity contribution is -0.380. The summed E-state index contributed by atoms with van der Waals surface area (Å²) in [5.74, 6) is 0.825. The molecule has 17 heavy (non-hydrogen) atoms. The van der Waals surface area contributed by atoms with Gasteiger partial charge >= 0.3 is 5.00 Å². The molecule has 0 amide bonds. The van der Waals surface area contributed by atoms with Crippen LogP contribution in [-0.2, 0) is 0 Å². The summed E-state index contributed by atoms with van der Waals surface area (Å²) in [7, 11) is 0. The quantitative estimate of drug-likeness (QED) is 0.646. The zero-order valence-corrected chi connectivity index (χ0v) is 10.5. The van der Waals surface area contributed by atoms with Gasteiger partial charge in [-0.25, -0.2) is 4.98 Å². The fourth-order valence-corrected chi connectivity index (χ4v) is 2.95. The average Bonchev–Trinajstić information content (AvgIpc) is 2.79. The van der Waals surface area contributed by atoms with E-state index in [9.17, 15) is 10.1 Å². The molecule has 0 aromatic carbocycles. The average molecular weight is 255 g/mol. The van der Waals surface area contributed by atoms with Gasteiger partial charge in [-0.1, -0.05) is 32.1 Å². The van der Waals surface area contributed by atoms with E-state index in [1.807, 2.05) is 0 Å². The van der Waals surface area contributed by atoms with Gasteiger partial charge < -0.3 is 5.32 Å². The number of anilines is 1. The third kappa shape index (κ3) is 3.66. The largest absolute Gasteiger partial charge is 0.361 e. The van der Waals surface area contributed by atoms with Crippen LogP contribution in [0.4, 0.5) is 10.1 Å². The van der Waals surface area contributed by atoms with Crippen LogP contribution >= 0.6 is 11.3 Å². The first kappa shape index (κ1) is 12.3. The maximum absolute atomic E-state index is 10.5. The van der Waals surface area contributed by atoms with Gasteiger partial charge in [0.15, 0.2) is 5.13 Å². The van der Waals surface area contributed by atoms with Crippen molar-refractivity contribution in [2.45, 2.75) is 38.5 Å². The van der Waals surface area contributed by atoms with Crippen LogP contribution in [0.5, 0.6) is 0 Å². The highest BCUT2D eigenvalue weighted by Gasteiger charge is 2.14. The molecule has 1 N–H and O–H groups in total. The van der Waals surface area contributed by atoms with Crippen LogP contribution in [0.25, 0.3) is 0 Å². The Morgan fingerprint density at radius 2 is 2.24 bits per heavy atom. The third-order valence-corrected chi connectivity index (χ3v) is 4.13. The molecule has 94 valence electrons. The molecule has 0 bridgehead atoms. The minimum atomic E-state index is -0.399. The predicted octanol–water partition coefficient (Wildman–Crippen LogP) is 3.43. The molecule has 0 unspecified atom stereocenters. The van der Waals surface area contributed by atoms with Gasteiger partial charge in [0.2, 0.25) is 0 Å². The van der Waals surface area contributed by atoms with Gasteiger partial charge in [0.05, 0.1) is 4.92 Å². The van der Waals surface area contributed by atoms with Crippen molar-refractivity contribution in [1.82, 2.24) is 4.98 Å². The van der Waals surface area contributed by atoms with E-state index in [2.05, 4.69) is 10.3 Å². The summed E-state index contributed by atoms with van der Waals surface area (Å²) in [5.41, 5.74) is 0. The molecule has 0 radical (unpaired) electrons. The zero-order chi connectivity index (χ0) is 12.1. The van der Waals surface area contributed by atoms with E-state index in [-0.39, 0.29) is 5.00 Å². The maximum Gasteiger partial charge on any atom is 0.345 e. The van der Waals surface area contributed by atoms with Crippen LogP contribution in [0.1, 0.15) is 38.5 Å². The predicted molar refractivity (Wildman–Crippen MR) is 68.5 cm³/mol. The van der Waals surface area contributed by atoms with Crippen molar-refractivity contribution in [2.75, 3.05) is 11.9 Å². The highest BCUT2D eigenvalue weighted by Crippen LogP contribution is 2.27. The Hall–Kier alpha value is -1.17. The van der Waals surface area contributed by atoms with Crippen LogP contribution in [-0.4, -0.2) is 16.5 Å². The van der Waals surface area contributed by atoms with E-state index in [1.54, 1.807) is 0 Å². The van der Waals surface area contributed by atoms with E-state index >= 15 is 0 Å². The Morgan fingerprint density at radius 3 is 2.88 bits per heavy atom. The minimum Gasteiger partial charge on any atom is -0.361 e. The van der Waals surface area contributed by atoms with Gasteiger partial charge in [0, 0.05) is 6.54 Å². The van der Waals surface area contributed by atoms with Gasteiger partial charge in [-0.2, -0.15) is 0 Å². The number of nitro groups is 1. The molecular weight excluding hydrogens is 238 g/mol. The van der Waals surface area contributed by atoms with E-state index in [1.165, 1.54) is 38.3 Å². The summed E-state index contributed by atoms with van der Waals surface area (Å²) in [4.78, 5) is 14.1. The number of hydrogen-bond acceptors (Lipinski definition) is 5. The Kier molecular flexibility index (Phi) is 4.30. The van der Waals surface area contributed by atoms with Crippen LogP contribution in [0.2, 0.25) is 0 Å². The molecular formula is C11H17N3O2S. The van der Waals surface area contributed by atoms with Crippen molar-refractivity contribution in [3.05, 3.63) is 16.3 Å². The molecule has 2 rings (SSSR count). The lowest BCUT2D eigenvalue weighted by Crippen LogP contribution is -2.11. The van der Waals surface area contributed by atoms with E-state index < -0.39 is 4.92 Å². The summed E-state index contributed by atoms with van der Waals surface area (Å²) in [6, 6.07) is 0. The number of rotatable bonds is 5. The summed E-state index contributed by atoms with van der Waals surface area (Å²) >= 11 is 1.11. The second-order valence-electron chi connectivity index (χ2n) is 4.48. The SMILES string of the molecule is O=[N+]([O-])c1cnc(NCCC2CCCCC2)s1. The van der Waals surface area contributed by atoms with Gasteiger partial charge in [-0.15, -0.1) is 0 Å². The van der Waals surface area contributed by atoms with Crippen molar-refractivity contribution in [1.29, 1.82) is 0 Å². The normalized spacial score (nSPS) is 16.9. The van der Waals surface area contributed by atoms with Gasteiger partial charge in [-0.3, -0.25) is 10.1 Å². The lowest BCUT2D eigenvalue weighted by Gasteiger charge is -2.21. The second kappa shape index (κ2) is 5.95. The van der Waals surface area contributed by atoms with Gasteiger partial charge in [0.1, 0.15) is 6.20 Å². The Balaban J connectivity index is 1.71. The number of aromatic nitrogens is 1. The van der Waals surface area contributed by atoms with Crippen molar-refractivity contribution in [2.24, 2.45) is 5.92 Å². The van der Waals surface area contributed by atoms with Crippen LogP contribution in [0, 0.1) is 16.0 Å². The molecule has 0 saturated heterocycles. The molecule has 0 atom stereocenters. The first-order chi connectivity index (χ1) is 8.25.